The highest BCUT2D eigenvalue weighted by molar-refractivity contribution is 5.69. The molecular formula is C21H36O2. The number of hydrogen-bond acceptors (Lipinski definition) is 2. The van der Waals surface area contributed by atoms with Crippen LogP contribution in [0.5, 0.6) is 0 Å². The first kappa shape index (κ1) is 18.5. The van der Waals surface area contributed by atoms with Gasteiger partial charge in [-0.25, -0.2) is 0 Å². The molecule has 0 spiro atoms. The molecule has 2 aliphatic rings. The van der Waals surface area contributed by atoms with Gasteiger partial charge in [-0.1, -0.05) is 39.3 Å². The zero-order valence-electron chi connectivity index (χ0n) is 16.1. The lowest BCUT2D eigenvalue weighted by molar-refractivity contribution is -0.141. The summed E-state index contributed by atoms with van der Waals surface area (Å²) < 4.78 is 4.83. The van der Waals surface area contributed by atoms with Crippen LogP contribution in [0.25, 0.3) is 0 Å². The highest BCUT2D eigenvalue weighted by Gasteiger charge is 2.52. The Bertz CT molecular complexity index is 466. The number of allylic oxidation sites excluding steroid dienone is 2. The maximum Gasteiger partial charge on any atom is 0.305 e. The van der Waals surface area contributed by atoms with Gasteiger partial charge in [-0.15, -0.1) is 0 Å². The van der Waals surface area contributed by atoms with E-state index in [0.29, 0.717) is 23.2 Å². The third kappa shape index (κ3) is 3.51. The largest absolute Gasteiger partial charge is 0.469 e. The second-order valence-corrected chi connectivity index (χ2v) is 8.80. The van der Waals surface area contributed by atoms with Crippen molar-refractivity contribution in [3.63, 3.8) is 0 Å². The van der Waals surface area contributed by atoms with Crippen LogP contribution in [0.4, 0.5) is 0 Å². The maximum atomic E-state index is 11.5. The third-order valence-corrected chi connectivity index (χ3v) is 7.51. The van der Waals surface area contributed by atoms with E-state index < -0.39 is 0 Å². The van der Waals surface area contributed by atoms with Crippen LogP contribution in [-0.4, -0.2) is 13.1 Å². The predicted molar refractivity (Wildman–Crippen MR) is 96.1 cm³/mol. The minimum absolute atomic E-state index is 0.0689. The molecule has 1 fully saturated rings. The van der Waals surface area contributed by atoms with E-state index in [1.54, 1.807) is 5.57 Å². The van der Waals surface area contributed by atoms with Gasteiger partial charge < -0.3 is 4.74 Å². The van der Waals surface area contributed by atoms with Crippen molar-refractivity contribution in [2.45, 2.75) is 79.6 Å². The Labute approximate surface area is 143 Å². The quantitative estimate of drug-likeness (QED) is 0.475. The smallest absolute Gasteiger partial charge is 0.305 e. The van der Waals surface area contributed by atoms with Gasteiger partial charge in [0, 0.05) is 6.42 Å². The van der Waals surface area contributed by atoms with Gasteiger partial charge in [0.1, 0.15) is 0 Å². The number of esters is 1. The number of hydrogen-bond donors (Lipinski definition) is 0. The van der Waals surface area contributed by atoms with E-state index in [-0.39, 0.29) is 5.97 Å². The average molecular weight is 321 g/mol. The molecule has 0 N–H and O–H groups in total. The van der Waals surface area contributed by atoms with Crippen molar-refractivity contribution < 1.29 is 9.53 Å². The van der Waals surface area contributed by atoms with E-state index in [4.69, 9.17) is 4.74 Å². The van der Waals surface area contributed by atoms with Crippen LogP contribution < -0.4 is 0 Å². The highest BCUT2D eigenvalue weighted by atomic mass is 16.5. The summed E-state index contributed by atoms with van der Waals surface area (Å²) in [6, 6.07) is 0. The van der Waals surface area contributed by atoms with Crippen molar-refractivity contribution >= 4 is 5.97 Å². The first-order valence-electron chi connectivity index (χ1n) is 9.48. The van der Waals surface area contributed by atoms with E-state index in [0.717, 1.165) is 18.3 Å². The Balaban J connectivity index is 2.11. The minimum atomic E-state index is -0.0689. The van der Waals surface area contributed by atoms with Crippen molar-refractivity contribution in [1.82, 2.24) is 0 Å². The lowest BCUT2D eigenvalue weighted by Gasteiger charge is -2.58. The van der Waals surface area contributed by atoms with Crippen LogP contribution in [-0.2, 0) is 9.53 Å². The fourth-order valence-corrected chi connectivity index (χ4v) is 5.36. The van der Waals surface area contributed by atoms with Crippen molar-refractivity contribution in [2.75, 3.05) is 7.11 Å². The SMILES string of the molecule is COC(=O)C[C@H](C)CC[C@@]1(C)[C@H](C)CC[C@@]2(C)C(C)=CCC[C@H]12. The van der Waals surface area contributed by atoms with E-state index in [1.807, 2.05) is 0 Å². The van der Waals surface area contributed by atoms with Crippen LogP contribution in [0.2, 0.25) is 0 Å². The summed E-state index contributed by atoms with van der Waals surface area (Å²) in [6.07, 6.45) is 10.7. The fraction of sp³-hybridized carbons (Fsp3) is 0.857. The summed E-state index contributed by atoms with van der Waals surface area (Å²) in [5.74, 6) is 1.91. The molecule has 0 amide bonds. The van der Waals surface area contributed by atoms with E-state index in [1.165, 1.54) is 39.2 Å². The molecule has 0 aromatic heterocycles. The molecule has 23 heavy (non-hydrogen) atoms. The number of fused-ring (bicyclic) bond motifs is 1. The molecule has 2 nitrogen and oxygen atoms in total. The molecule has 1 saturated carbocycles. The van der Waals surface area contributed by atoms with Crippen molar-refractivity contribution in [2.24, 2.45) is 28.6 Å². The Morgan fingerprint density at radius 3 is 2.74 bits per heavy atom. The van der Waals surface area contributed by atoms with Gasteiger partial charge in [0.25, 0.3) is 0 Å². The molecular weight excluding hydrogens is 284 g/mol. The molecule has 132 valence electrons. The minimum Gasteiger partial charge on any atom is -0.469 e. The Hall–Kier alpha value is -0.790. The zero-order valence-corrected chi connectivity index (χ0v) is 16.1. The normalized spacial score (nSPS) is 38.4. The monoisotopic (exact) mass is 320 g/mol. The van der Waals surface area contributed by atoms with E-state index in [9.17, 15) is 4.79 Å². The zero-order chi connectivity index (χ0) is 17.3. The highest BCUT2D eigenvalue weighted by Crippen LogP contribution is 2.61. The Morgan fingerprint density at radius 1 is 1.39 bits per heavy atom. The van der Waals surface area contributed by atoms with Gasteiger partial charge in [0.15, 0.2) is 0 Å². The number of carbonyl (C=O) groups is 1. The van der Waals surface area contributed by atoms with Crippen LogP contribution in [0.1, 0.15) is 79.6 Å². The number of ether oxygens (including phenoxy) is 1. The maximum absolute atomic E-state index is 11.5. The Morgan fingerprint density at radius 2 is 2.09 bits per heavy atom. The molecule has 5 atom stereocenters. The molecule has 0 aliphatic heterocycles. The predicted octanol–water partition coefficient (Wildman–Crippen LogP) is 5.76. The molecule has 0 heterocycles. The molecule has 0 unspecified atom stereocenters. The van der Waals surface area contributed by atoms with Crippen LogP contribution in [0, 0.1) is 28.6 Å². The van der Waals surface area contributed by atoms with Crippen LogP contribution >= 0.6 is 0 Å². The van der Waals surface area contributed by atoms with Gasteiger partial charge in [0.2, 0.25) is 0 Å². The van der Waals surface area contributed by atoms with E-state index >= 15 is 0 Å². The standard InChI is InChI=1S/C21H36O2/c1-15(14-19(22)23-6)10-12-20(4)17(3)11-13-21(5)16(2)8-7-9-18(20)21/h8,15,17-18H,7,9-14H2,1-6H3/t15-,17-,18-,20+,21+/m1/s1. The van der Waals surface area contributed by atoms with Gasteiger partial charge in [-0.2, -0.15) is 0 Å². The molecule has 0 aromatic carbocycles. The van der Waals surface area contributed by atoms with Crippen molar-refractivity contribution in [3.05, 3.63) is 11.6 Å². The molecule has 0 saturated heterocycles. The molecule has 2 heteroatoms. The second-order valence-electron chi connectivity index (χ2n) is 8.80. The number of rotatable bonds is 5. The van der Waals surface area contributed by atoms with Crippen molar-refractivity contribution in [1.29, 1.82) is 0 Å². The third-order valence-electron chi connectivity index (χ3n) is 7.51. The van der Waals surface area contributed by atoms with Gasteiger partial charge in [-0.05, 0) is 74.0 Å². The summed E-state index contributed by atoms with van der Waals surface area (Å²) in [4.78, 5) is 11.5. The van der Waals surface area contributed by atoms with Gasteiger partial charge in [0.05, 0.1) is 7.11 Å². The fourth-order valence-electron chi connectivity index (χ4n) is 5.36. The Kier molecular flexibility index (Phi) is 5.63. The van der Waals surface area contributed by atoms with Gasteiger partial charge in [-0.3, -0.25) is 4.79 Å². The molecule has 0 bridgehead atoms. The van der Waals surface area contributed by atoms with Crippen LogP contribution in [0.15, 0.2) is 11.6 Å². The van der Waals surface area contributed by atoms with E-state index in [2.05, 4.69) is 40.7 Å². The molecule has 0 radical (unpaired) electrons. The first-order chi connectivity index (χ1) is 10.7. The summed E-state index contributed by atoms with van der Waals surface area (Å²) in [5.41, 5.74) is 2.41. The topological polar surface area (TPSA) is 26.3 Å². The number of methoxy groups -OCH3 is 1. The number of carbonyl (C=O) groups excluding carboxylic acids is 1. The molecule has 0 aromatic rings. The second kappa shape index (κ2) is 6.99. The molecule has 2 aliphatic carbocycles. The lowest BCUT2D eigenvalue weighted by Crippen LogP contribution is -2.49. The summed E-state index contributed by atoms with van der Waals surface area (Å²) in [7, 11) is 1.49. The summed E-state index contributed by atoms with van der Waals surface area (Å²) in [5, 5.41) is 0. The molecule has 2 rings (SSSR count). The van der Waals surface area contributed by atoms with Crippen LogP contribution in [0.3, 0.4) is 0 Å². The van der Waals surface area contributed by atoms with Gasteiger partial charge >= 0.3 is 5.97 Å². The summed E-state index contributed by atoms with van der Waals surface area (Å²) in [6.45, 7) is 12.0. The lowest BCUT2D eigenvalue weighted by atomic mass is 9.47. The average Bonchev–Trinajstić information content (AvgIpc) is 2.52. The first-order valence-corrected chi connectivity index (χ1v) is 9.48. The summed E-state index contributed by atoms with van der Waals surface area (Å²) >= 11 is 0. The van der Waals surface area contributed by atoms with Crippen molar-refractivity contribution in [3.8, 4) is 0 Å².